The zero-order chi connectivity index (χ0) is 22.3. The van der Waals surface area contributed by atoms with Gasteiger partial charge in [-0.25, -0.2) is 9.78 Å². The largest absolute Gasteiger partial charge is 0.490 e. The highest BCUT2D eigenvalue weighted by Gasteiger charge is 2.31. The van der Waals surface area contributed by atoms with Crippen molar-refractivity contribution in [2.45, 2.75) is 33.3 Å². The fourth-order valence-corrected chi connectivity index (χ4v) is 2.93. The van der Waals surface area contributed by atoms with Crippen LogP contribution in [0.4, 0.5) is 0 Å². The molecule has 0 aliphatic carbocycles. The molecule has 1 heterocycles. The molecule has 0 fully saturated rings. The van der Waals surface area contributed by atoms with Crippen LogP contribution in [0.25, 0.3) is 11.3 Å². The lowest BCUT2D eigenvalue weighted by atomic mass is 10.1. The lowest BCUT2D eigenvalue weighted by Gasteiger charge is -2.24. The lowest BCUT2D eigenvalue weighted by molar-refractivity contribution is -0.158. The molecular weight excluding hydrogens is 392 g/mol. The summed E-state index contributed by atoms with van der Waals surface area (Å²) in [7, 11) is 0. The van der Waals surface area contributed by atoms with E-state index in [-0.39, 0.29) is 0 Å². The van der Waals surface area contributed by atoms with Crippen molar-refractivity contribution in [1.82, 2.24) is 9.55 Å². The highest BCUT2D eigenvalue weighted by atomic mass is 16.6. The number of hydrogen-bond acceptors (Lipinski definition) is 5. The van der Waals surface area contributed by atoms with E-state index in [0.717, 1.165) is 22.6 Å². The molecule has 6 nitrogen and oxygen atoms in total. The molecule has 0 aliphatic rings. The van der Waals surface area contributed by atoms with Gasteiger partial charge in [0.25, 0.3) is 0 Å². The minimum atomic E-state index is -1.05. The smallest absolute Gasteiger partial charge is 0.349 e. The van der Waals surface area contributed by atoms with E-state index in [1.165, 1.54) is 0 Å². The van der Waals surface area contributed by atoms with Crippen molar-refractivity contribution in [3.63, 3.8) is 0 Å². The second-order valence-electron chi connectivity index (χ2n) is 7.52. The van der Waals surface area contributed by atoms with Gasteiger partial charge >= 0.3 is 5.97 Å². The van der Waals surface area contributed by atoms with Crippen molar-refractivity contribution in [3.8, 4) is 17.2 Å². The van der Waals surface area contributed by atoms with Crippen LogP contribution in [0.2, 0.25) is 0 Å². The first-order chi connectivity index (χ1) is 14.9. The van der Waals surface area contributed by atoms with Gasteiger partial charge in [0.15, 0.2) is 5.60 Å². The number of aromatic nitrogens is 2. The SMILES string of the molecule is CCOC(=O)C(C)(C)Oc1ccc(OC/C=C(/C)c2ccc(-n3ccnc3)cc2)cc1. The molecule has 0 radical (unpaired) electrons. The van der Waals surface area contributed by atoms with Gasteiger partial charge < -0.3 is 18.8 Å². The van der Waals surface area contributed by atoms with Crippen molar-refractivity contribution in [2.75, 3.05) is 13.2 Å². The number of allylic oxidation sites excluding steroid dienone is 1. The Morgan fingerprint density at radius 1 is 1.06 bits per heavy atom. The minimum absolute atomic E-state index is 0.320. The number of rotatable bonds is 9. The van der Waals surface area contributed by atoms with Gasteiger partial charge in [0.05, 0.1) is 12.9 Å². The van der Waals surface area contributed by atoms with Gasteiger partial charge in [-0.05, 0) is 81.3 Å². The van der Waals surface area contributed by atoms with Gasteiger partial charge in [-0.1, -0.05) is 12.1 Å². The number of nitrogens with zero attached hydrogens (tertiary/aromatic N) is 2. The van der Waals surface area contributed by atoms with E-state index in [1.54, 1.807) is 45.4 Å². The fourth-order valence-electron chi connectivity index (χ4n) is 2.93. The number of carbonyl (C=O) groups is 1. The number of esters is 1. The van der Waals surface area contributed by atoms with E-state index in [0.29, 0.717) is 19.0 Å². The lowest BCUT2D eigenvalue weighted by Crippen LogP contribution is -2.39. The minimum Gasteiger partial charge on any atom is -0.490 e. The topological polar surface area (TPSA) is 62.6 Å². The van der Waals surface area contributed by atoms with E-state index in [4.69, 9.17) is 14.2 Å². The van der Waals surface area contributed by atoms with E-state index in [2.05, 4.69) is 36.2 Å². The quantitative estimate of drug-likeness (QED) is 0.452. The number of hydrogen-bond donors (Lipinski definition) is 0. The predicted octanol–water partition coefficient (Wildman–Crippen LogP) is 5.08. The normalized spacial score (nSPS) is 11.8. The Kier molecular flexibility index (Phi) is 7.13. The van der Waals surface area contributed by atoms with Gasteiger partial charge in [0.1, 0.15) is 18.1 Å². The molecule has 0 amide bonds. The maximum absolute atomic E-state index is 12.0. The Hall–Kier alpha value is -3.54. The Morgan fingerprint density at radius 3 is 2.35 bits per heavy atom. The first-order valence-corrected chi connectivity index (χ1v) is 10.2. The van der Waals surface area contributed by atoms with Crippen molar-refractivity contribution in [1.29, 1.82) is 0 Å². The molecule has 0 saturated heterocycles. The molecule has 1 aromatic heterocycles. The molecule has 6 heteroatoms. The van der Waals surface area contributed by atoms with E-state index < -0.39 is 11.6 Å². The Balaban J connectivity index is 1.54. The second-order valence-corrected chi connectivity index (χ2v) is 7.52. The molecule has 3 rings (SSSR count). The summed E-state index contributed by atoms with van der Waals surface area (Å²) in [5.41, 5.74) is 2.29. The Bertz CT molecular complexity index is 1000. The van der Waals surface area contributed by atoms with Gasteiger partial charge in [0.2, 0.25) is 0 Å². The monoisotopic (exact) mass is 420 g/mol. The van der Waals surface area contributed by atoms with Crippen molar-refractivity contribution < 1.29 is 19.0 Å². The van der Waals surface area contributed by atoms with Crippen molar-refractivity contribution >= 4 is 11.5 Å². The van der Waals surface area contributed by atoms with Crippen molar-refractivity contribution in [3.05, 3.63) is 78.9 Å². The van der Waals surface area contributed by atoms with Crippen molar-refractivity contribution in [2.24, 2.45) is 0 Å². The molecule has 0 unspecified atom stereocenters. The number of carbonyl (C=O) groups excluding carboxylic acids is 1. The summed E-state index contributed by atoms with van der Waals surface area (Å²) in [5, 5.41) is 0. The van der Waals surface area contributed by atoms with E-state index in [1.807, 2.05) is 29.0 Å². The molecule has 2 aromatic carbocycles. The molecule has 3 aromatic rings. The third-order valence-electron chi connectivity index (χ3n) is 4.73. The van der Waals surface area contributed by atoms with Crippen LogP contribution in [0.1, 0.15) is 33.3 Å². The van der Waals surface area contributed by atoms with Crippen LogP contribution in [0.15, 0.2) is 73.3 Å². The maximum atomic E-state index is 12.0. The van der Waals surface area contributed by atoms with E-state index in [9.17, 15) is 4.79 Å². The molecule has 0 aliphatic heterocycles. The summed E-state index contributed by atoms with van der Waals surface area (Å²) in [4.78, 5) is 16.0. The van der Waals surface area contributed by atoms with Gasteiger partial charge in [-0.15, -0.1) is 0 Å². The summed E-state index contributed by atoms with van der Waals surface area (Å²) in [6.07, 6.45) is 7.50. The number of ether oxygens (including phenoxy) is 3. The average Bonchev–Trinajstić information content (AvgIpc) is 3.30. The van der Waals surface area contributed by atoms with Gasteiger partial charge in [-0.3, -0.25) is 0 Å². The summed E-state index contributed by atoms with van der Waals surface area (Å²) in [6, 6.07) is 15.5. The summed E-state index contributed by atoms with van der Waals surface area (Å²) in [6.45, 7) is 7.97. The van der Waals surface area contributed by atoms with E-state index >= 15 is 0 Å². The average molecular weight is 421 g/mol. The first kappa shape index (κ1) is 22.2. The highest BCUT2D eigenvalue weighted by Crippen LogP contribution is 2.23. The van der Waals surface area contributed by atoms with Crippen LogP contribution < -0.4 is 9.47 Å². The second kappa shape index (κ2) is 9.98. The molecular formula is C25H28N2O4. The Morgan fingerprint density at radius 2 is 1.74 bits per heavy atom. The van der Waals surface area contributed by atoms with Crippen LogP contribution in [0, 0.1) is 0 Å². The molecule has 31 heavy (non-hydrogen) atoms. The zero-order valence-corrected chi connectivity index (χ0v) is 18.4. The maximum Gasteiger partial charge on any atom is 0.349 e. The Labute approximate surface area is 183 Å². The van der Waals surface area contributed by atoms with Gasteiger partial charge in [-0.2, -0.15) is 0 Å². The summed E-state index contributed by atoms with van der Waals surface area (Å²) >= 11 is 0. The molecule has 0 atom stereocenters. The van der Waals surface area contributed by atoms with Gasteiger partial charge in [0, 0.05) is 18.1 Å². The summed E-state index contributed by atoms with van der Waals surface area (Å²) in [5.74, 6) is 0.907. The number of imidazole rings is 1. The third kappa shape index (κ3) is 5.98. The molecule has 162 valence electrons. The van der Waals surface area contributed by atoms with Crippen LogP contribution in [-0.4, -0.2) is 34.3 Å². The summed E-state index contributed by atoms with van der Waals surface area (Å²) < 4.78 is 18.6. The van der Waals surface area contributed by atoms with Crippen LogP contribution in [0.3, 0.4) is 0 Å². The molecule has 0 N–H and O–H groups in total. The highest BCUT2D eigenvalue weighted by molar-refractivity contribution is 5.79. The first-order valence-electron chi connectivity index (χ1n) is 10.2. The predicted molar refractivity (Wildman–Crippen MR) is 120 cm³/mol. The molecule has 0 bridgehead atoms. The van der Waals surface area contributed by atoms with Crippen LogP contribution >= 0.6 is 0 Å². The fraction of sp³-hybridized carbons (Fsp3) is 0.280. The molecule has 0 saturated carbocycles. The van der Waals surface area contributed by atoms with Crippen LogP contribution in [-0.2, 0) is 9.53 Å². The van der Waals surface area contributed by atoms with Crippen LogP contribution in [0.5, 0.6) is 11.5 Å². The third-order valence-corrected chi connectivity index (χ3v) is 4.73. The zero-order valence-electron chi connectivity index (χ0n) is 18.4. The number of benzene rings is 2. The standard InChI is InChI=1S/C25H28N2O4/c1-5-29-24(28)25(3,4)31-23-12-10-22(11-13-23)30-17-14-19(2)20-6-8-21(9-7-20)27-16-15-26-18-27/h6-16,18H,5,17H2,1-4H3/b19-14-. The molecule has 0 spiro atoms.